The van der Waals surface area contributed by atoms with Crippen LogP contribution in [0.2, 0.25) is 0 Å². The summed E-state index contributed by atoms with van der Waals surface area (Å²) in [7, 11) is 0. The third kappa shape index (κ3) is 2.01. The van der Waals surface area contributed by atoms with E-state index in [4.69, 9.17) is 4.18 Å². The maximum Gasteiger partial charge on any atom is 0.0844 e. The largest absolute Gasteiger partial charge is 0.750 e. The molecular weight excluding hydrogens is 238 g/mol. The van der Waals surface area contributed by atoms with Gasteiger partial charge in [0.25, 0.3) is 0 Å². The summed E-state index contributed by atoms with van der Waals surface area (Å²) < 4.78 is 26.0. The highest BCUT2D eigenvalue weighted by Crippen LogP contribution is 2.30. The molecular formula is C12H12NO3S-. The second-order valence-corrected chi connectivity index (χ2v) is 4.89. The van der Waals surface area contributed by atoms with Gasteiger partial charge < -0.3 is 9.54 Å². The molecule has 1 aliphatic rings. The van der Waals surface area contributed by atoms with Crippen molar-refractivity contribution in [3.05, 3.63) is 35.5 Å². The second kappa shape index (κ2) is 4.25. The standard InChI is InChI=1S/C12H13NO3S/c14-17(15)16-8-5-6-12-10(7-8)9-3-1-2-4-11(9)13-12/h1-4,8,13H,5-7H2,(H,14,15)/p-1. The van der Waals surface area contributed by atoms with Gasteiger partial charge in [-0.05, 0) is 24.5 Å². The maximum atomic E-state index is 10.6. The predicted molar refractivity (Wildman–Crippen MR) is 64.1 cm³/mol. The molecule has 17 heavy (non-hydrogen) atoms. The van der Waals surface area contributed by atoms with Crippen molar-refractivity contribution in [3.63, 3.8) is 0 Å². The molecule has 0 aliphatic heterocycles. The molecule has 2 atom stereocenters. The first-order valence-corrected chi connectivity index (χ1v) is 6.59. The molecule has 1 N–H and O–H groups in total. The van der Waals surface area contributed by atoms with Crippen molar-refractivity contribution in [2.24, 2.45) is 0 Å². The van der Waals surface area contributed by atoms with Crippen molar-refractivity contribution in [2.75, 3.05) is 0 Å². The van der Waals surface area contributed by atoms with Gasteiger partial charge in [0, 0.05) is 23.0 Å². The molecule has 0 amide bonds. The predicted octanol–water partition coefficient (Wildman–Crippen LogP) is 1.84. The summed E-state index contributed by atoms with van der Waals surface area (Å²) in [4.78, 5) is 3.38. The quantitative estimate of drug-likeness (QED) is 0.827. The van der Waals surface area contributed by atoms with Crippen LogP contribution in [0.4, 0.5) is 0 Å². The minimum Gasteiger partial charge on any atom is -0.750 e. The minimum atomic E-state index is -2.42. The van der Waals surface area contributed by atoms with Crippen molar-refractivity contribution < 1.29 is 12.9 Å². The Balaban J connectivity index is 1.97. The minimum absolute atomic E-state index is 0.222. The maximum absolute atomic E-state index is 10.6. The Morgan fingerprint density at radius 2 is 2.24 bits per heavy atom. The summed E-state index contributed by atoms with van der Waals surface area (Å²) in [5, 5.41) is 1.17. The van der Waals surface area contributed by atoms with Crippen LogP contribution in [0.25, 0.3) is 10.9 Å². The molecule has 0 fully saturated rings. The molecule has 2 unspecified atom stereocenters. The van der Waals surface area contributed by atoms with Crippen LogP contribution in [0.1, 0.15) is 17.7 Å². The van der Waals surface area contributed by atoms with Crippen LogP contribution in [0, 0.1) is 0 Å². The Morgan fingerprint density at radius 3 is 3.06 bits per heavy atom. The number of para-hydroxylation sites is 1. The topological polar surface area (TPSA) is 65.2 Å². The molecule has 0 bridgehead atoms. The number of fused-ring (bicyclic) bond motifs is 3. The van der Waals surface area contributed by atoms with Gasteiger partial charge in [-0.15, -0.1) is 0 Å². The zero-order valence-electron chi connectivity index (χ0n) is 9.14. The van der Waals surface area contributed by atoms with Crippen molar-refractivity contribution in [1.82, 2.24) is 4.98 Å². The van der Waals surface area contributed by atoms with E-state index in [0.717, 1.165) is 18.4 Å². The zero-order chi connectivity index (χ0) is 11.8. The Morgan fingerprint density at radius 1 is 1.41 bits per heavy atom. The molecule has 0 saturated heterocycles. The SMILES string of the molecule is O=S([O-])OC1CCc2[nH]c3ccccc3c2C1. The highest BCUT2D eigenvalue weighted by Gasteiger charge is 2.23. The van der Waals surface area contributed by atoms with Gasteiger partial charge in [-0.2, -0.15) is 0 Å². The van der Waals surface area contributed by atoms with Crippen LogP contribution in [-0.2, 0) is 28.4 Å². The van der Waals surface area contributed by atoms with Gasteiger partial charge in [0.1, 0.15) is 0 Å². The Hall–Kier alpha value is -1.17. The van der Waals surface area contributed by atoms with E-state index in [2.05, 4.69) is 11.1 Å². The normalized spacial score (nSPS) is 21.4. The van der Waals surface area contributed by atoms with Gasteiger partial charge in [-0.25, -0.2) is 4.21 Å². The molecule has 3 rings (SSSR count). The van der Waals surface area contributed by atoms with E-state index in [0.29, 0.717) is 6.42 Å². The fourth-order valence-electron chi connectivity index (χ4n) is 2.53. The summed E-state index contributed by atoms with van der Waals surface area (Å²) in [6, 6.07) is 8.08. The molecule has 1 aromatic carbocycles. The fourth-order valence-corrected chi connectivity index (χ4v) is 2.92. The van der Waals surface area contributed by atoms with Crippen LogP contribution in [0.3, 0.4) is 0 Å². The zero-order valence-corrected chi connectivity index (χ0v) is 9.96. The average molecular weight is 250 g/mol. The molecule has 90 valence electrons. The summed E-state index contributed by atoms with van der Waals surface area (Å²) in [6.45, 7) is 0. The molecule has 1 heterocycles. The number of aryl methyl sites for hydroxylation is 1. The van der Waals surface area contributed by atoms with Crippen LogP contribution >= 0.6 is 0 Å². The van der Waals surface area contributed by atoms with Gasteiger partial charge in [0.05, 0.1) is 17.5 Å². The third-order valence-electron chi connectivity index (χ3n) is 3.26. The van der Waals surface area contributed by atoms with E-state index in [1.165, 1.54) is 16.6 Å². The van der Waals surface area contributed by atoms with E-state index in [1.807, 2.05) is 18.2 Å². The number of rotatable bonds is 2. The number of hydrogen-bond acceptors (Lipinski definition) is 3. The fraction of sp³-hybridized carbons (Fsp3) is 0.333. The number of nitrogens with one attached hydrogen (secondary N) is 1. The first-order chi connectivity index (χ1) is 8.24. The van der Waals surface area contributed by atoms with Gasteiger partial charge in [0.15, 0.2) is 0 Å². The number of H-pyrrole nitrogens is 1. The second-order valence-electron chi connectivity index (χ2n) is 4.29. The Bertz CT molecular complexity index is 578. The molecule has 4 nitrogen and oxygen atoms in total. The third-order valence-corrected chi connectivity index (χ3v) is 3.69. The summed E-state index contributed by atoms with van der Waals surface area (Å²) in [5.41, 5.74) is 3.52. The van der Waals surface area contributed by atoms with Gasteiger partial charge in [-0.1, -0.05) is 18.2 Å². The van der Waals surface area contributed by atoms with Crippen molar-refractivity contribution >= 4 is 22.3 Å². The van der Waals surface area contributed by atoms with Crippen LogP contribution in [0.5, 0.6) is 0 Å². The highest BCUT2D eigenvalue weighted by molar-refractivity contribution is 7.74. The van der Waals surface area contributed by atoms with Gasteiger partial charge >= 0.3 is 0 Å². The number of benzene rings is 1. The number of hydrogen-bond donors (Lipinski definition) is 1. The lowest BCUT2D eigenvalue weighted by atomic mass is 9.93. The first kappa shape index (κ1) is 11.0. The Labute approximate surface area is 101 Å². The van der Waals surface area contributed by atoms with Crippen LogP contribution in [-0.4, -0.2) is 19.8 Å². The summed E-state index contributed by atoms with van der Waals surface area (Å²) in [6.07, 6.45) is 2.02. The molecule has 5 heteroatoms. The smallest absolute Gasteiger partial charge is 0.0844 e. The van der Waals surface area contributed by atoms with Crippen molar-refractivity contribution in [3.8, 4) is 0 Å². The van der Waals surface area contributed by atoms with E-state index >= 15 is 0 Å². The lowest BCUT2D eigenvalue weighted by molar-refractivity contribution is 0.185. The monoisotopic (exact) mass is 250 g/mol. The molecule has 0 radical (unpaired) electrons. The van der Waals surface area contributed by atoms with E-state index in [1.54, 1.807) is 0 Å². The summed E-state index contributed by atoms with van der Waals surface area (Å²) >= 11 is -2.42. The molecule has 1 aromatic heterocycles. The number of aromatic nitrogens is 1. The number of aromatic amines is 1. The van der Waals surface area contributed by atoms with Crippen molar-refractivity contribution in [1.29, 1.82) is 0 Å². The molecule has 0 saturated carbocycles. The average Bonchev–Trinajstić information content (AvgIpc) is 2.66. The first-order valence-electron chi connectivity index (χ1n) is 5.59. The Kier molecular flexibility index (Phi) is 2.74. The van der Waals surface area contributed by atoms with E-state index in [-0.39, 0.29) is 6.10 Å². The lowest BCUT2D eigenvalue weighted by Crippen LogP contribution is -2.23. The highest BCUT2D eigenvalue weighted by atomic mass is 32.2. The summed E-state index contributed by atoms with van der Waals surface area (Å²) in [5.74, 6) is 0. The molecule has 1 aliphatic carbocycles. The van der Waals surface area contributed by atoms with E-state index < -0.39 is 11.4 Å². The van der Waals surface area contributed by atoms with E-state index in [9.17, 15) is 8.76 Å². The molecule has 2 aromatic rings. The molecule has 0 spiro atoms. The van der Waals surface area contributed by atoms with Gasteiger partial charge in [0.2, 0.25) is 0 Å². The van der Waals surface area contributed by atoms with Crippen molar-refractivity contribution in [2.45, 2.75) is 25.4 Å². The van der Waals surface area contributed by atoms with Crippen LogP contribution < -0.4 is 0 Å². The van der Waals surface area contributed by atoms with Crippen LogP contribution in [0.15, 0.2) is 24.3 Å². The lowest BCUT2D eigenvalue weighted by Gasteiger charge is -2.23. The van der Waals surface area contributed by atoms with Gasteiger partial charge in [-0.3, -0.25) is 4.18 Å².